The number of phosphoric ester groups is 2. The average molecular weight is 1620 g/mol. The van der Waals surface area contributed by atoms with Crippen LogP contribution in [0.15, 0.2) is 0 Å². The number of unbranched alkanes of at least 4 members (excludes halogenated alkanes) is 64. The minimum absolute atomic E-state index is 0.110. The van der Waals surface area contributed by atoms with Crippen molar-refractivity contribution in [1.29, 1.82) is 0 Å². The van der Waals surface area contributed by atoms with Gasteiger partial charge in [0.1, 0.15) is 19.3 Å². The van der Waals surface area contributed by atoms with Crippen LogP contribution in [-0.2, 0) is 65.4 Å². The van der Waals surface area contributed by atoms with Gasteiger partial charge < -0.3 is 33.8 Å². The van der Waals surface area contributed by atoms with Crippen molar-refractivity contribution in [3.63, 3.8) is 0 Å². The lowest BCUT2D eigenvalue weighted by molar-refractivity contribution is -0.161. The Morgan fingerprint density at radius 1 is 0.243 bits per heavy atom. The van der Waals surface area contributed by atoms with E-state index in [1.807, 2.05) is 0 Å². The molecule has 0 aromatic carbocycles. The molecule has 111 heavy (non-hydrogen) atoms. The smallest absolute Gasteiger partial charge is 0.462 e. The molecule has 0 saturated heterocycles. The molecule has 0 aliphatic rings. The molecule has 660 valence electrons. The maximum absolute atomic E-state index is 13.2. The minimum Gasteiger partial charge on any atom is -0.462 e. The maximum Gasteiger partial charge on any atom is 0.472 e. The number of carbonyl (C=O) groups excluding carboxylic acids is 4. The van der Waals surface area contributed by atoms with Gasteiger partial charge in [0, 0.05) is 25.7 Å². The molecule has 2 unspecified atom stereocenters. The van der Waals surface area contributed by atoms with E-state index < -0.39 is 97.5 Å². The van der Waals surface area contributed by atoms with Gasteiger partial charge in [-0.25, -0.2) is 9.13 Å². The van der Waals surface area contributed by atoms with Crippen LogP contribution in [0.1, 0.15) is 503 Å². The van der Waals surface area contributed by atoms with Gasteiger partial charge >= 0.3 is 39.5 Å². The van der Waals surface area contributed by atoms with Gasteiger partial charge in [-0.05, 0) is 31.6 Å². The summed E-state index contributed by atoms with van der Waals surface area (Å²) >= 11 is 0. The number of rotatable bonds is 92. The molecule has 0 bridgehead atoms. The Balaban J connectivity index is 5.25. The van der Waals surface area contributed by atoms with E-state index >= 15 is 0 Å². The molecule has 0 aliphatic heterocycles. The van der Waals surface area contributed by atoms with Crippen LogP contribution in [0.5, 0.6) is 0 Å². The molecule has 0 spiro atoms. The third-order valence-electron chi connectivity index (χ3n) is 21.8. The Labute approximate surface area is 683 Å². The quantitative estimate of drug-likeness (QED) is 0.0222. The molecule has 5 atom stereocenters. The molecule has 0 heterocycles. The molecule has 0 amide bonds. The van der Waals surface area contributed by atoms with E-state index in [0.29, 0.717) is 25.7 Å². The van der Waals surface area contributed by atoms with Crippen molar-refractivity contribution in [3.8, 4) is 0 Å². The van der Waals surface area contributed by atoms with Gasteiger partial charge in [-0.3, -0.25) is 37.3 Å². The molecular weight excluding hydrogens is 1440 g/mol. The highest BCUT2D eigenvalue weighted by Crippen LogP contribution is 2.45. The number of hydrogen-bond donors (Lipinski definition) is 3. The molecule has 0 aliphatic carbocycles. The van der Waals surface area contributed by atoms with Gasteiger partial charge in [-0.1, -0.05) is 452 Å². The Morgan fingerprint density at radius 2 is 0.414 bits per heavy atom. The van der Waals surface area contributed by atoms with Gasteiger partial charge in [0.15, 0.2) is 12.2 Å². The van der Waals surface area contributed by atoms with Crippen LogP contribution in [0, 0.1) is 5.92 Å². The van der Waals surface area contributed by atoms with E-state index in [4.69, 9.17) is 37.0 Å². The zero-order valence-electron chi connectivity index (χ0n) is 73.1. The summed E-state index contributed by atoms with van der Waals surface area (Å²) in [6.07, 6.45) is 80.5. The lowest BCUT2D eigenvalue weighted by Gasteiger charge is -2.21. The molecule has 0 rings (SSSR count). The van der Waals surface area contributed by atoms with Crippen molar-refractivity contribution in [2.75, 3.05) is 39.6 Å². The second-order valence-electron chi connectivity index (χ2n) is 33.5. The Kier molecular flexibility index (Phi) is 83.0. The van der Waals surface area contributed by atoms with Crippen molar-refractivity contribution in [2.24, 2.45) is 5.92 Å². The number of hydrogen-bond acceptors (Lipinski definition) is 15. The molecule has 3 N–H and O–H groups in total. The highest BCUT2D eigenvalue weighted by molar-refractivity contribution is 7.47. The molecule has 0 aromatic heterocycles. The van der Waals surface area contributed by atoms with Crippen molar-refractivity contribution < 1.29 is 80.2 Å². The number of aliphatic hydroxyl groups is 1. The SMILES string of the molecule is CCCCCCCCCCCCCCCCCCCCCC(=O)OC[C@H](COP(=O)(O)OC[C@@H](O)COP(=O)(O)OC[C@@H](COC(=O)CCCCCCCCCCCCCCC)OC(=O)CCCCCCCCCCCCCCCCCCCC)OC(=O)CCCCCCCCCCCCCCCCCCCCC(C)C. The lowest BCUT2D eigenvalue weighted by atomic mass is 10.0. The van der Waals surface area contributed by atoms with Crippen LogP contribution >= 0.6 is 15.6 Å². The number of carbonyl (C=O) groups is 4. The van der Waals surface area contributed by atoms with E-state index in [1.54, 1.807) is 0 Å². The number of aliphatic hydroxyl groups excluding tert-OH is 1. The second-order valence-corrected chi connectivity index (χ2v) is 36.4. The molecule has 0 fully saturated rings. The first-order valence-electron chi connectivity index (χ1n) is 47.6. The van der Waals surface area contributed by atoms with E-state index in [-0.39, 0.29) is 25.7 Å². The molecule has 17 nitrogen and oxygen atoms in total. The molecule has 0 aromatic rings. The van der Waals surface area contributed by atoms with Gasteiger partial charge in [0.05, 0.1) is 26.4 Å². The maximum atomic E-state index is 13.2. The summed E-state index contributed by atoms with van der Waals surface area (Å²) in [5.74, 6) is -1.27. The Hall–Kier alpha value is -1.94. The Bertz CT molecular complexity index is 2100. The van der Waals surface area contributed by atoms with Crippen LogP contribution in [0.25, 0.3) is 0 Å². The fourth-order valence-corrected chi connectivity index (χ4v) is 16.1. The van der Waals surface area contributed by atoms with Crippen molar-refractivity contribution in [2.45, 2.75) is 522 Å². The minimum atomic E-state index is -4.97. The number of esters is 4. The topological polar surface area (TPSA) is 237 Å². The highest BCUT2D eigenvalue weighted by Gasteiger charge is 2.31. The van der Waals surface area contributed by atoms with Crippen LogP contribution in [0.4, 0.5) is 0 Å². The van der Waals surface area contributed by atoms with Crippen LogP contribution in [0.3, 0.4) is 0 Å². The molecule has 0 saturated carbocycles. The number of phosphoric acid groups is 2. The van der Waals surface area contributed by atoms with E-state index in [0.717, 1.165) is 95.8 Å². The fourth-order valence-electron chi connectivity index (χ4n) is 14.5. The average Bonchev–Trinajstić information content (AvgIpc) is 0.901. The standard InChI is InChI=1S/C92H180O17P2/c1-6-9-12-15-18-21-24-27-29-31-33-38-41-46-51-56-61-66-71-76-90(95)103-82-88(109-92(97)78-73-68-63-58-53-48-43-39-35-34-36-40-45-49-54-59-64-69-74-85(4)5)84-107-111(100,101)105-80-86(93)79-104-110(98,99)106-83-87(81-102-89(94)75-70-65-60-55-50-44-26-23-20-17-14-11-8-3)108-91(96)77-72-67-62-57-52-47-42-37-32-30-28-25-22-19-16-13-10-7-2/h85-88,93H,6-84H2,1-5H3,(H,98,99)(H,100,101)/t86-,87+,88+/m0/s1. The lowest BCUT2D eigenvalue weighted by Crippen LogP contribution is -2.30. The van der Waals surface area contributed by atoms with E-state index in [9.17, 15) is 43.2 Å². The van der Waals surface area contributed by atoms with E-state index in [1.165, 1.54) is 327 Å². The summed E-state index contributed by atoms with van der Waals surface area (Å²) in [4.78, 5) is 73.5. The van der Waals surface area contributed by atoms with Gasteiger partial charge in [-0.15, -0.1) is 0 Å². The molecule has 19 heteroatoms. The van der Waals surface area contributed by atoms with E-state index in [2.05, 4.69) is 34.6 Å². The summed E-state index contributed by atoms with van der Waals surface area (Å²) < 4.78 is 69.1. The van der Waals surface area contributed by atoms with Crippen LogP contribution in [-0.4, -0.2) is 96.7 Å². The summed E-state index contributed by atoms with van der Waals surface area (Å²) in [7, 11) is -9.94. The zero-order chi connectivity index (χ0) is 81.1. The monoisotopic (exact) mass is 1620 g/mol. The summed E-state index contributed by atoms with van der Waals surface area (Å²) in [5, 5.41) is 10.7. The summed E-state index contributed by atoms with van der Waals surface area (Å²) in [5.41, 5.74) is 0. The summed E-state index contributed by atoms with van der Waals surface area (Å²) in [6, 6.07) is 0. The van der Waals surface area contributed by atoms with Gasteiger partial charge in [0.2, 0.25) is 0 Å². The third kappa shape index (κ3) is 85.8. The van der Waals surface area contributed by atoms with Crippen LogP contribution in [0.2, 0.25) is 0 Å². The van der Waals surface area contributed by atoms with Crippen LogP contribution < -0.4 is 0 Å². The zero-order valence-corrected chi connectivity index (χ0v) is 74.9. The first-order chi connectivity index (χ1) is 54.0. The summed E-state index contributed by atoms with van der Waals surface area (Å²) in [6.45, 7) is 7.45. The first kappa shape index (κ1) is 109. The van der Waals surface area contributed by atoms with Gasteiger partial charge in [-0.2, -0.15) is 0 Å². The predicted octanol–water partition coefficient (Wildman–Crippen LogP) is 28.7. The molecular formula is C92H180O17P2. The second kappa shape index (κ2) is 84.5. The predicted molar refractivity (Wildman–Crippen MR) is 460 cm³/mol. The largest absolute Gasteiger partial charge is 0.472 e. The van der Waals surface area contributed by atoms with Gasteiger partial charge in [0.25, 0.3) is 0 Å². The van der Waals surface area contributed by atoms with Crippen molar-refractivity contribution in [1.82, 2.24) is 0 Å². The number of ether oxygens (including phenoxy) is 4. The highest BCUT2D eigenvalue weighted by atomic mass is 31.2. The fraction of sp³-hybridized carbons (Fsp3) is 0.957. The third-order valence-corrected chi connectivity index (χ3v) is 23.7. The first-order valence-corrected chi connectivity index (χ1v) is 50.6. The van der Waals surface area contributed by atoms with Crippen molar-refractivity contribution in [3.05, 3.63) is 0 Å². The normalized spacial score (nSPS) is 13.7. The Morgan fingerprint density at radius 3 is 0.613 bits per heavy atom. The van der Waals surface area contributed by atoms with Crippen molar-refractivity contribution >= 4 is 39.5 Å². The molecule has 0 radical (unpaired) electrons.